The number of hydrogen-bond donors (Lipinski definition) is 1. The molecule has 1 rings (SSSR count). The minimum Gasteiger partial charge on any atom is -0.375 e. The fourth-order valence-electron chi connectivity index (χ4n) is 1.91. The number of nitrogens with zero attached hydrogens (tertiary/aromatic N) is 2. The summed E-state index contributed by atoms with van der Waals surface area (Å²) >= 11 is 0. The van der Waals surface area contributed by atoms with Crippen LogP contribution in [0.25, 0.3) is 0 Å². The minimum absolute atomic E-state index is 0.00489. The third-order valence-corrected chi connectivity index (χ3v) is 4.25. The molecule has 2 N–H and O–H groups in total. The second kappa shape index (κ2) is 6.31. The monoisotopic (exact) mass is 293 g/mol. The van der Waals surface area contributed by atoms with E-state index in [0.29, 0.717) is 0 Å². The standard InChI is InChI=1S/C10H19N3O5S/c1-18-7-9(14)12-3-4-13(19(2,16)17)6-8(5-12)10(11)15/h8H,3-7H2,1-2H3,(H2,11,15). The quantitative estimate of drug-likeness (QED) is 0.635. The predicted octanol–water partition coefficient (Wildman–Crippen LogP) is -2.16. The molecule has 0 aromatic heterocycles. The maximum atomic E-state index is 11.8. The van der Waals surface area contributed by atoms with Crippen LogP contribution < -0.4 is 5.73 Å². The van der Waals surface area contributed by atoms with Crippen molar-refractivity contribution in [3.63, 3.8) is 0 Å². The van der Waals surface area contributed by atoms with Crippen LogP contribution in [0.5, 0.6) is 0 Å². The van der Waals surface area contributed by atoms with Gasteiger partial charge in [0.15, 0.2) is 0 Å². The summed E-state index contributed by atoms with van der Waals surface area (Å²) in [6, 6.07) is 0. The van der Waals surface area contributed by atoms with E-state index in [9.17, 15) is 18.0 Å². The van der Waals surface area contributed by atoms with Gasteiger partial charge in [0.25, 0.3) is 0 Å². The highest BCUT2D eigenvalue weighted by molar-refractivity contribution is 7.88. The van der Waals surface area contributed by atoms with Gasteiger partial charge in [0.2, 0.25) is 21.8 Å². The number of ether oxygens (including phenoxy) is 1. The van der Waals surface area contributed by atoms with Gasteiger partial charge in [-0.15, -0.1) is 0 Å². The van der Waals surface area contributed by atoms with Crippen LogP contribution in [0.1, 0.15) is 0 Å². The molecule has 0 saturated carbocycles. The molecule has 1 saturated heterocycles. The highest BCUT2D eigenvalue weighted by Crippen LogP contribution is 2.12. The first kappa shape index (κ1) is 15.9. The van der Waals surface area contributed by atoms with Crippen LogP contribution in [0.2, 0.25) is 0 Å². The zero-order chi connectivity index (χ0) is 14.6. The summed E-state index contributed by atoms with van der Waals surface area (Å²) in [6.07, 6.45) is 1.07. The Morgan fingerprint density at radius 2 is 1.95 bits per heavy atom. The summed E-state index contributed by atoms with van der Waals surface area (Å²) < 4.78 is 29.0. The molecule has 0 aromatic carbocycles. The Kier molecular flexibility index (Phi) is 5.27. The highest BCUT2D eigenvalue weighted by atomic mass is 32.2. The zero-order valence-electron chi connectivity index (χ0n) is 11.0. The SMILES string of the molecule is COCC(=O)N1CCN(S(C)(=O)=O)CC(C(N)=O)C1. The van der Waals surface area contributed by atoms with Gasteiger partial charge in [-0.2, -0.15) is 4.31 Å². The van der Waals surface area contributed by atoms with Gasteiger partial charge in [0.1, 0.15) is 6.61 Å². The number of rotatable bonds is 4. The predicted molar refractivity (Wildman–Crippen MR) is 67.6 cm³/mol. The number of methoxy groups -OCH3 is 1. The van der Waals surface area contributed by atoms with E-state index in [1.54, 1.807) is 0 Å². The maximum Gasteiger partial charge on any atom is 0.248 e. The minimum atomic E-state index is -3.42. The van der Waals surface area contributed by atoms with Crippen LogP contribution in [0.4, 0.5) is 0 Å². The van der Waals surface area contributed by atoms with Crippen molar-refractivity contribution in [1.29, 1.82) is 0 Å². The van der Waals surface area contributed by atoms with Gasteiger partial charge in [0.05, 0.1) is 12.2 Å². The Labute approximate surface area is 112 Å². The van der Waals surface area contributed by atoms with Crippen LogP contribution in [0.15, 0.2) is 0 Å². The van der Waals surface area contributed by atoms with Crippen molar-refractivity contribution in [2.45, 2.75) is 0 Å². The van der Waals surface area contributed by atoms with E-state index in [2.05, 4.69) is 0 Å². The lowest BCUT2D eigenvalue weighted by molar-refractivity contribution is -0.136. The highest BCUT2D eigenvalue weighted by Gasteiger charge is 2.32. The summed E-state index contributed by atoms with van der Waals surface area (Å²) in [7, 11) is -2.03. The lowest BCUT2D eigenvalue weighted by atomic mass is 10.1. The Bertz CT molecular complexity index is 450. The number of nitrogens with two attached hydrogens (primary N) is 1. The first-order valence-electron chi connectivity index (χ1n) is 5.77. The van der Waals surface area contributed by atoms with Gasteiger partial charge in [-0.1, -0.05) is 0 Å². The van der Waals surface area contributed by atoms with E-state index in [4.69, 9.17) is 10.5 Å². The molecule has 1 heterocycles. The number of hydrogen-bond acceptors (Lipinski definition) is 5. The molecule has 8 nitrogen and oxygen atoms in total. The van der Waals surface area contributed by atoms with E-state index >= 15 is 0 Å². The Hall–Kier alpha value is -1.19. The topological polar surface area (TPSA) is 110 Å². The first-order chi connectivity index (χ1) is 8.75. The smallest absolute Gasteiger partial charge is 0.248 e. The molecule has 110 valence electrons. The third kappa shape index (κ3) is 4.44. The van der Waals surface area contributed by atoms with Gasteiger partial charge in [0, 0.05) is 33.3 Å². The van der Waals surface area contributed by atoms with Crippen LogP contribution in [-0.4, -0.2) is 75.6 Å². The van der Waals surface area contributed by atoms with Crippen molar-refractivity contribution in [2.24, 2.45) is 11.7 Å². The molecule has 19 heavy (non-hydrogen) atoms. The number of amides is 2. The van der Waals surface area contributed by atoms with Gasteiger partial charge >= 0.3 is 0 Å². The van der Waals surface area contributed by atoms with Gasteiger partial charge in [-0.05, 0) is 0 Å². The second-order valence-electron chi connectivity index (χ2n) is 4.49. The third-order valence-electron chi connectivity index (χ3n) is 2.98. The van der Waals surface area contributed by atoms with Crippen molar-refractivity contribution < 1.29 is 22.7 Å². The van der Waals surface area contributed by atoms with E-state index in [-0.39, 0.29) is 38.7 Å². The molecular weight excluding hydrogens is 274 g/mol. The average molecular weight is 293 g/mol. The second-order valence-corrected chi connectivity index (χ2v) is 6.48. The molecule has 2 amide bonds. The first-order valence-corrected chi connectivity index (χ1v) is 7.61. The van der Waals surface area contributed by atoms with Gasteiger partial charge < -0.3 is 15.4 Å². The molecule has 0 aromatic rings. The van der Waals surface area contributed by atoms with Crippen LogP contribution >= 0.6 is 0 Å². The van der Waals surface area contributed by atoms with E-state index < -0.39 is 21.8 Å². The summed E-state index contributed by atoms with van der Waals surface area (Å²) in [5, 5.41) is 0. The Morgan fingerprint density at radius 3 is 2.42 bits per heavy atom. The van der Waals surface area contributed by atoms with Crippen molar-refractivity contribution in [3.8, 4) is 0 Å². The zero-order valence-corrected chi connectivity index (χ0v) is 11.9. The fourth-order valence-corrected chi connectivity index (χ4v) is 2.77. The largest absolute Gasteiger partial charge is 0.375 e. The molecule has 1 atom stereocenters. The summed E-state index contributed by atoms with van der Waals surface area (Å²) in [6.45, 7) is 0.385. The summed E-state index contributed by atoms with van der Waals surface area (Å²) in [5.41, 5.74) is 5.25. The molecule has 0 spiro atoms. The normalized spacial score (nSPS) is 22.0. The molecule has 9 heteroatoms. The molecule has 0 radical (unpaired) electrons. The van der Waals surface area contributed by atoms with Crippen molar-refractivity contribution in [3.05, 3.63) is 0 Å². The van der Waals surface area contributed by atoms with Crippen LogP contribution in [0, 0.1) is 5.92 Å². The van der Waals surface area contributed by atoms with E-state index in [1.807, 2.05) is 0 Å². The number of carbonyl (C=O) groups is 2. The number of carbonyl (C=O) groups excluding carboxylic acids is 2. The fraction of sp³-hybridized carbons (Fsp3) is 0.800. The Balaban J connectivity index is 2.88. The molecule has 1 fully saturated rings. The molecule has 1 unspecified atom stereocenters. The maximum absolute atomic E-state index is 11.8. The molecule has 0 aliphatic carbocycles. The van der Waals surface area contributed by atoms with Gasteiger partial charge in [-0.25, -0.2) is 8.42 Å². The molecule has 0 bridgehead atoms. The lowest BCUT2D eigenvalue weighted by Gasteiger charge is -2.22. The van der Waals surface area contributed by atoms with Crippen molar-refractivity contribution in [2.75, 3.05) is 46.2 Å². The Morgan fingerprint density at radius 1 is 1.32 bits per heavy atom. The molecule has 1 aliphatic heterocycles. The van der Waals surface area contributed by atoms with Crippen LogP contribution in [-0.2, 0) is 24.3 Å². The van der Waals surface area contributed by atoms with E-state index in [1.165, 1.54) is 16.3 Å². The number of primary amides is 1. The van der Waals surface area contributed by atoms with E-state index in [0.717, 1.165) is 6.26 Å². The number of sulfonamides is 1. The molecular formula is C10H19N3O5S. The summed E-state index contributed by atoms with van der Waals surface area (Å²) in [4.78, 5) is 24.5. The van der Waals surface area contributed by atoms with Gasteiger partial charge in [-0.3, -0.25) is 9.59 Å². The average Bonchev–Trinajstić information content (AvgIpc) is 2.51. The van der Waals surface area contributed by atoms with Crippen LogP contribution in [0.3, 0.4) is 0 Å². The van der Waals surface area contributed by atoms with Crippen molar-refractivity contribution in [1.82, 2.24) is 9.21 Å². The molecule has 1 aliphatic rings. The summed E-state index contributed by atoms with van der Waals surface area (Å²) in [5.74, 6) is -1.62. The van der Waals surface area contributed by atoms with Crippen molar-refractivity contribution >= 4 is 21.8 Å². The lowest BCUT2D eigenvalue weighted by Crippen LogP contribution is -2.41.